The lowest BCUT2D eigenvalue weighted by atomic mass is 9.94. The maximum Gasteiger partial charge on any atom is 0.237 e. The Hall–Kier alpha value is -0.610. The van der Waals surface area contributed by atoms with Gasteiger partial charge in [-0.3, -0.25) is 4.79 Å². The molecule has 1 saturated heterocycles. The molecule has 0 saturated carbocycles. The highest BCUT2D eigenvalue weighted by Gasteiger charge is 2.25. The Labute approximate surface area is 98.8 Å². The van der Waals surface area contributed by atoms with Crippen LogP contribution in [-0.2, 0) is 4.79 Å². The third kappa shape index (κ3) is 4.49. The average Bonchev–Trinajstić information content (AvgIpc) is 2.16. The number of hydrogen-bond donors (Lipinski definition) is 2. The first-order valence-electron chi connectivity index (χ1n) is 6.17. The van der Waals surface area contributed by atoms with E-state index < -0.39 is 0 Å². The van der Waals surface area contributed by atoms with Gasteiger partial charge in [0.15, 0.2) is 0 Å². The molecule has 1 fully saturated rings. The number of likely N-dealkylation sites (N-methyl/N-ethyl adjacent to an activating group) is 1. The molecule has 0 aromatic heterocycles. The van der Waals surface area contributed by atoms with Gasteiger partial charge in [-0.25, -0.2) is 0 Å². The Bertz CT molecular complexity index is 230. The van der Waals surface area contributed by atoms with Crippen LogP contribution < -0.4 is 10.6 Å². The number of nitrogens with one attached hydrogen (secondary N) is 2. The number of piperidine rings is 1. The minimum Gasteiger partial charge on any atom is -0.351 e. The molecule has 1 heterocycles. The smallest absolute Gasteiger partial charge is 0.237 e. The van der Waals surface area contributed by atoms with Crippen molar-refractivity contribution in [2.75, 3.05) is 27.2 Å². The number of carbonyl (C=O) groups excluding carboxylic acids is 1. The molecule has 16 heavy (non-hydrogen) atoms. The van der Waals surface area contributed by atoms with Crippen molar-refractivity contribution < 1.29 is 4.79 Å². The number of rotatable bonds is 4. The molecule has 2 N–H and O–H groups in total. The first-order valence-corrected chi connectivity index (χ1v) is 6.17. The van der Waals surface area contributed by atoms with Crippen LogP contribution in [0.2, 0.25) is 0 Å². The van der Waals surface area contributed by atoms with Crippen LogP contribution in [0.15, 0.2) is 0 Å². The Balaban J connectivity index is 2.33. The number of nitrogens with zero attached hydrogens (tertiary/aromatic N) is 1. The van der Waals surface area contributed by atoms with Crippen molar-refractivity contribution in [3.63, 3.8) is 0 Å². The molecule has 94 valence electrons. The Morgan fingerprint density at radius 3 is 2.81 bits per heavy atom. The van der Waals surface area contributed by atoms with Crippen molar-refractivity contribution in [1.82, 2.24) is 15.5 Å². The summed E-state index contributed by atoms with van der Waals surface area (Å²) in [4.78, 5) is 14.0. The molecule has 1 amide bonds. The Morgan fingerprint density at radius 2 is 2.25 bits per heavy atom. The van der Waals surface area contributed by atoms with Gasteiger partial charge in [-0.05, 0) is 46.3 Å². The second kappa shape index (κ2) is 6.21. The highest BCUT2D eigenvalue weighted by atomic mass is 16.2. The summed E-state index contributed by atoms with van der Waals surface area (Å²) in [5.74, 6) is 0.807. The predicted octanol–water partition coefficient (Wildman–Crippen LogP) is 0.441. The van der Waals surface area contributed by atoms with Gasteiger partial charge in [0.25, 0.3) is 0 Å². The first kappa shape index (κ1) is 13.5. The van der Waals surface area contributed by atoms with E-state index in [1.807, 2.05) is 21.0 Å². The summed E-state index contributed by atoms with van der Waals surface area (Å²) in [5.41, 5.74) is 0. The lowest BCUT2D eigenvalue weighted by Crippen LogP contribution is -2.51. The maximum absolute atomic E-state index is 11.9. The SMILES string of the molecule is CC1CCNC(C(=O)NC(C)CN(C)C)C1. The standard InChI is InChI=1S/C12H25N3O/c1-9-5-6-13-11(7-9)12(16)14-10(2)8-15(3)4/h9-11,13H,5-8H2,1-4H3,(H,14,16). The van der Waals surface area contributed by atoms with E-state index in [0.29, 0.717) is 5.92 Å². The van der Waals surface area contributed by atoms with Crippen molar-refractivity contribution in [2.45, 2.75) is 38.8 Å². The molecule has 1 aliphatic rings. The summed E-state index contributed by atoms with van der Waals surface area (Å²) < 4.78 is 0. The van der Waals surface area contributed by atoms with Crippen molar-refractivity contribution in [3.8, 4) is 0 Å². The van der Waals surface area contributed by atoms with Gasteiger partial charge in [-0.15, -0.1) is 0 Å². The molecule has 0 aliphatic carbocycles. The van der Waals surface area contributed by atoms with E-state index in [0.717, 1.165) is 19.5 Å². The zero-order chi connectivity index (χ0) is 12.1. The number of carbonyl (C=O) groups is 1. The van der Waals surface area contributed by atoms with Crippen LogP contribution in [-0.4, -0.2) is 50.1 Å². The minimum absolute atomic E-state index is 0.00774. The first-order chi connectivity index (χ1) is 7.49. The highest BCUT2D eigenvalue weighted by Crippen LogP contribution is 2.15. The van der Waals surface area contributed by atoms with E-state index in [1.165, 1.54) is 6.42 Å². The molecule has 0 bridgehead atoms. The van der Waals surface area contributed by atoms with E-state index in [4.69, 9.17) is 0 Å². The number of amides is 1. The van der Waals surface area contributed by atoms with E-state index in [-0.39, 0.29) is 18.0 Å². The van der Waals surface area contributed by atoms with E-state index in [9.17, 15) is 4.79 Å². The Kier molecular flexibility index (Phi) is 5.22. The van der Waals surface area contributed by atoms with Crippen molar-refractivity contribution in [1.29, 1.82) is 0 Å². The quantitative estimate of drug-likeness (QED) is 0.732. The van der Waals surface area contributed by atoms with Gasteiger partial charge in [0.05, 0.1) is 6.04 Å². The maximum atomic E-state index is 11.9. The Morgan fingerprint density at radius 1 is 1.56 bits per heavy atom. The van der Waals surface area contributed by atoms with E-state index in [1.54, 1.807) is 0 Å². The van der Waals surface area contributed by atoms with Crippen LogP contribution in [0, 0.1) is 5.92 Å². The molecule has 0 aromatic carbocycles. The van der Waals surface area contributed by atoms with Crippen molar-refractivity contribution in [2.24, 2.45) is 5.92 Å². The normalized spacial score (nSPS) is 27.8. The van der Waals surface area contributed by atoms with E-state index in [2.05, 4.69) is 22.5 Å². The fraction of sp³-hybridized carbons (Fsp3) is 0.917. The minimum atomic E-state index is 0.00774. The molecule has 0 spiro atoms. The monoisotopic (exact) mass is 227 g/mol. The molecule has 3 atom stereocenters. The highest BCUT2D eigenvalue weighted by molar-refractivity contribution is 5.82. The molecule has 0 radical (unpaired) electrons. The second-order valence-corrected chi connectivity index (χ2v) is 5.31. The van der Waals surface area contributed by atoms with Crippen LogP contribution in [0.25, 0.3) is 0 Å². The number of hydrogen-bond acceptors (Lipinski definition) is 3. The average molecular weight is 227 g/mol. The topological polar surface area (TPSA) is 44.4 Å². The summed E-state index contributed by atoms with van der Waals surface area (Å²) in [6.07, 6.45) is 2.14. The van der Waals surface area contributed by atoms with Crippen LogP contribution in [0.1, 0.15) is 26.7 Å². The zero-order valence-corrected chi connectivity index (χ0v) is 10.9. The van der Waals surface area contributed by atoms with Crippen LogP contribution in [0.3, 0.4) is 0 Å². The summed E-state index contributed by atoms with van der Waals surface area (Å²) in [7, 11) is 4.03. The lowest BCUT2D eigenvalue weighted by Gasteiger charge is -2.29. The van der Waals surface area contributed by atoms with Gasteiger partial charge in [-0.2, -0.15) is 0 Å². The van der Waals surface area contributed by atoms with Gasteiger partial charge < -0.3 is 15.5 Å². The molecule has 4 nitrogen and oxygen atoms in total. The molecule has 3 unspecified atom stereocenters. The fourth-order valence-electron chi connectivity index (χ4n) is 2.24. The van der Waals surface area contributed by atoms with E-state index >= 15 is 0 Å². The molecule has 1 aliphatic heterocycles. The van der Waals surface area contributed by atoms with Crippen molar-refractivity contribution >= 4 is 5.91 Å². The summed E-state index contributed by atoms with van der Waals surface area (Å²) in [6, 6.07) is 0.217. The molecular weight excluding hydrogens is 202 g/mol. The van der Waals surface area contributed by atoms with Crippen LogP contribution in [0.5, 0.6) is 0 Å². The lowest BCUT2D eigenvalue weighted by molar-refractivity contribution is -0.124. The second-order valence-electron chi connectivity index (χ2n) is 5.31. The van der Waals surface area contributed by atoms with Gasteiger partial charge in [0, 0.05) is 12.6 Å². The van der Waals surface area contributed by atoms with Crippen LogP contribution in [0.4, 0.5) is 0 Å². The predicted molar refractivity (Wildman–Crippen MR) is 66.3 cm³/mol. The van der Waals surface area contributed by atoms with Crippen LogP contribution >= 0.6 is 0 Å². The van der Waals surface area contributed by atoms with Gasteiger partial charge in [0.1, 0.15) is 0 Å². The fourth-order valence-corrected chi connectivity index (χ4v) is 2.24. The van der Waals surface area contributed by atoms with Gasteiger partial charge in [0.2, 0.25) is 5.91 Å². The van der Waals surface area contributed by atoms with Crippen molar-refractivity contribution in [3.05, 3.63) is 0 Å². The zero-order valence-electron chi connectivity index (χ0n) is 10.9. The summed E-state index contributed by atoms with van der Waals surface area (Å²) in [6.45, 7) is 6.10. The summed E-state index contributed by atoms with van der Waals surface area (Å²) in [5, 5.41) is 6.34. The summed E-state index contributed by atoms with van der Waals surface area (Å²) >= 11 is 0. The largest absolute Gasteiger partial charge is 0.351 e. The molecular formula is C12H25N3O. The third-order valence-electron chi connectivity index (χ3n) is 3.01. The third-order valence-corrected chi connectivity index (χ3v) is 3.01. The molecule has 0 aromatic rings. The molecule has 4 heteroatoms. The van der Waals surface area contributed by atoms with Gasteiger partial charge >= 0.3 is 0 Å². The molecule has 1 rings (SSSR count). The van der Waals surface area contributed by atoms with Gasteiger partial charge in [-0.1, -0.05) is 6.92 Å².